The molecule has 1 aliphatic carbocycles. The highest BCUT2D eigenvalue weighted by molar-refractivity contribution is 5.88. The Bertz CT molecular complexity index is 955. The lowest BCUT2D eigenvalue weighted by molar-refractivity contribution is -0.142. The van der Waals surface area contributed by atoms with Gasteiger partial charge in [-0.2, -0.15) is 0 Å². The van der Waals surface area contributed by atoms with Crippen molar-refractivity contribution < 1.29 is 28.2 Å². The van der Waals surface area contributed by atoms with Gasteiger partial charge in [0.25, 0.3) is 5.91 Å². The zero-order valence-electron chi connectivity index (χ0n) is 20.0. The number of carbonyl (C=O) groups is 2. The van der Waals surface area contributed by atoms with Crippen LogP contribution >= 0.6 is 0 Å². The van der Waals surface area contributed by atoms with Crippen molar-refractivity contribution in [3.63, 3.8) is 0 Å². The molecule has 7 nitrogen and oxygen atoms in total. The van der Waals surface area contributed by atoms with Gasteiger partial charge in [-0.25, -0.2) is 4.39 Å². The smallest absolute Gasteiger partial charge is 0.261 e. The molecule has 0 unspecified atom stereocenters. The summed E-state index contributed by atoms with van der Waals surface area (Å²) >= 11 is 0. The first-order valence-electron chi connectivity index (χ1n) is 11.6. The first kappa shape index (κ1) is 25.3. The molecule has 34 heavy (non-hydrogen) atoms. The minimum Gasteiger partial charge on any atom is -0.496 e. The maximum Gasteiger partial charge on any atom is 0.261 e. The molecule has 8 heteroatoms. The number of nitrogens with zero attached hydrogens (tertiary/aromatic N) is 1. The van der Waals surface area contributed by atoms with Crippen LogP contribution in [0, 0.1) is 5.82 Å². The molecule has 0 spiro atoms. The Kier molecular flexibility index (Phi) is 9.13. The van der Waals surface area contributed by atoms with E-state index in [9.17, 15) is 14.0 Å². The first-order valence-corrected chi connectivity index (χ1v) is 11.6. The minimum absolute atomic E-state index is 0.0461. The fraction of sp³-hybridized carbons (Fsp3) is 0.462. The van der Waals surface area contributed by atoms with Crippen molar-refractivity contribution in [2.45, 2.75) is 57.7 Å². The predicted octanol–water partition coefficient (Wildman–Crippen LogP) is 4.09. The molecule has 1 N–H and O–H groups in total. The van der Waals surface area contributed by atoms with Crippen LogP contribution in [0.3, 0.4) is 0 Å². The van der Waals surface area contributed by atoms with Gasteiger partial charge in [-0.15, -0.1) is 0 Å². The molecular formula is C26H33FN2O5. The van der Waals surface area contributed by atoms with E-state index in [4.69, 9.17) is 14.2 Å². The monoisotopic (exact) mass is 472 g/mol. The SMILES string of the molecule is COc1cc(OC)cc(OCC(=O)N(Cc2ccccc2F)[C@@H](C)C(=O)NC2CCCCC2)c1. The molecule has 1 saturated carbocycles. The second-order valence-electron chi connectivity index (χ2n) is 8.47. The molecule has 2 aromatic rings. The highest BCUT2D eigenvalue weighted by Crippen LogP contribution is 2.27. The zero-order valence-corrected chi connectivity index (χ0v) is 20.0. The number of methoxy groups -OCH3 is 2. The minimum atomic E-state index is -0.794. The Morgan fingerprint density at radius 2 is 1.65 bits per heavy atom. The molecule has 0 aromatic heterocycles. The molecule has 1 aliphatic rings. The molecule has 0 aliphatic heterocycles. The maximum absolute atomic E-state index is 14.4. The number of hydrogen-bond donors (Lipinski definition) is 1. The number of hydrogen-bond acceptors (Lipinski definition) is 5. The molecule has 0 radical (unpaired) electrons. The lowest BCUT2D eigenvalue weighted by atomic mass is 9.95. The summed E-state index contributed by atoms with van der Waals surface area (Å²) < 4.78 is 30.5. The molecule has 184 valence electrons. The van der Waals surface area contributed by atoms with Crippen LogP contribution in [-0.4, -0.2) is 49.6 Å². The van der Waals surface area contributed by atoms with Crippen LogP contribution in [0.4, 0.5) is 4.39 Å². The van der Waals surface area contributed by atoms with Gasteiger partial charge in [-0.1, -0.05) is 37.5 Å². The van der Waals surface area contributed by atoms with Gasteiger partial charge < -0.3 is 24.4 Å². The summed E-state index contributed by atoms with van der Waals surface area (Å²) in [5, 5.41) is 3.06. The lowest BCUT2D eigenvalue weighted by Crippen LogP contribution is -2.51. The van der Waals surface area contributed by atoms with Crippen molar-refractivity contribution in [2.75, 3.05) is 20.8 Å². The maximum atomic E-state index is 14.4. The number of nitrogens with one attached hydrogen (secondary N) is 1. The van der Waals surface area contributed by atoms with Gasteiger partial charge in [0.05, 0.1) is 14.2 Å². The Morgan fingerprint density at radius 3 is 2.26 bits per heavy atom. The van der Waals surface area contributed by atoms with Crippen LogP contribution in [0.15, 0.2) is 42.5 Å². The molecule has 2 amide bonds. The normalized spacial score (nSPS) is 14.7. The van der Waals surface area contributed by atoms with Crippen LogP contribution in [0.1, 0.15) is 44.6 Å². The van der Waals surface area contributed by atoms with E-state index in [2.05, 4.69) is 5.32 Å². The number of halogens is 1. The van der Waals surface area contributed by atoms with E-state index in [1.54, 1.807) is 43.3 Å². The zero-order chi connectivity index (χ0) is 24.5. The molecule has 0 heterocycles. The van der Waals surface area contributed by atoms with Gasteiger partial charge in [0.2, 0.25) is 5.91 Å². The van der Waals surface area contributed by atoms with Crippen molar-refractivity contribution in [3.05, 3.63) is 53.8 Å². The third kappa shape index (κ3) is 6.85. The van der Waals surface area contributed by atoms with E-state index in [0.29, 0.717) is 22.8 Å². The van der Waals surface area contributed by atoms with E-state index in [0.717, 1.165) is 25.7 Å². The van der Waals surface area contributed by atoms with Crippen molar-refractivity contribution >= 4 is 11.8 Å². The van der Waals surface area contributed by atoms with E-state index in [-0.39, 0.29) is 25.1 Å². The summed E-state index contributed by atoms with van der Waals surface area (Å²) in [4.78, 5) is 27.6. The fourth-order valence-corrected chi connectivity index (χ4v) is 4.05. The van der Waals surface area contributed by atoms with E-state index in [1.807, 2.05) is 0 Å². The van der Waals surface area contributed by atoms with E-state index in [1.165, 1.54) is 31.6 Å². The Hall–Kier alpha value is -3.29. The number of carbonyl (C=O) groups excluding carboxylic acids is 2. The highest BCUT2D eigenvalue weighted by Gasteiger charge is 2.29. The Morgan fingerprint density at radius 1 is 1.03 bits per heavy atom. The lowest BCUT2D eigenvalue weighted by Gasteiger charge is -2.31. The van der Waals surface area contributed by atoms with Gasteiger partial charge in [0, 0.05) is 36.3 Å². The molecule has 1 fully saturated rings. The van der Waals surface area contributed by atoms with Gasteiger partial charge in [0.15, 0.2) is 6.61 Å². The summed E-state index contributed by atoms with van der Waals surface area (Å²) in [6, 6.07) is 10.5. The quantitative estimate of drug-likeness (QED) is 0.564. The molecule has 1 atom stereocenters. The predicted molar refractivity (Wildman–Crippen MR) is 126 cm³/mol. The van der Waals surface area contributed by atoms with Gasteiger partial charge in [0.1, 0.15) is 29.1 Å². The molecule has 2 aromatic carbocycles. The number of rotatable bonds is 10. The topological polar surface area (TPSA) is 77.1 Å². The summed E-state index contributed by atoms with van der Waals surface area (Å²) in [6.07, 6.45) is 5.19. The van der Waals surface area contributed by atoms with Gasteiger partial charge >= 0.3 is 0 Å². The molecule has 3 rings (SSSR count). The molecular weight excluding hydrogens is 439 g/mol. The third-order valence-electron chi connectivity index (χ3n) is 6.10. The number of ether oxygens (including phenoxy) is 3. The second kappa shape index (κ2) is 12.3. The second-order valence-corrected chi connectivity index (χ2v) is 8.47. The summed E-state index contributed by atoms with van der Waals surface area (Å²) in [5.41, 5.74) is 0.330. The highest BCUT2D eigenvalue weighted by atomic mass is 19.1. The van der Waals surface area contributed by atoms with Crippen LogP contribution in [0.2, 0.25) is 0 Å². The largest absolute Gasteiger partial charge is 0.496 e. The van der Waals surface area contributed by atoms with Crippen molar-refractivity contribution in [2.24, 2.45) is 0 Å². The third-order valence-corrected chi connectivity index (χ3v) is 6.10. The number of benzene rings is 2. The van der Waals surface area contributed by atoms with E-state index >= 15 is 0 Å². The average molecular weight is 473 g/mol. The fourth-order valence-electron chi connectivity index (χ4n) is 4.05. The van der Waals surface area contributed by atoms with Gasteiger partial charge in [-0.3, -0.25) is 9.59 Å². The van der Waals surface area contributed by atoms with Crippen molar-refractivity contribution in [1.29, 1.82) is 0 Å². The Labute approximate surface area is 200 Å². The van der Waals surface area contributed by atoms with Crippen molar-refractivity contribution in [1.82, 2.24) is 10.2 Å². The van der Waals surface area contributed by atoms with Crippen LogP contribution in [0.25, 0.3) is 0 Å². The van der Waals surface area contributed by atoms with E-state index < -0.39 is 17.8 Å². The summed E-state index contributed by atoms with van der Waals surface area (Å²) in [5.74, 6) is 0.305. The van der Waals surface area contributed by atoms with Crippen LogP contribution in [0.5, 0.6) is 17.2 Å². The summed E-state index contributed by atoms with van der Waals surface area (Å²) in [7, 11) is 3.04. The van der Waals surface area contributed by atoms with Crippen molar-refractivity contribution in [3.8, 4) is 17.2 Å². The van der Waals surface area contributed by atoms with Gasteiger partial charge in [-0.05, 0) is 25.8 Å². The molecule has 0 bridgehead atoms. The standard InChI is InChI=1S/C26H33FN2O5/c1-18(26(31)28-20-10-5-4-6-11-20)29(16-19-9-7-8-12-24(19)27)25(30)17-34-23-14-21(32-2)13-22(15-23)33-3/h7-9,12-15,18,20H,4-6,10-11,16-17H2,1-3H3,(H,28,31)/t18-/m0/s1. The van der Waals surface area contributed by atoms with Crippen LogP contribution in [-0.2, 0) is 16.1 Å². The molecule has 0 saturated heterocycles. The van der Waals surface area contributed by atoms with Crippen LogP contribution < -0.4 is 19.5 Å². The summed E-state index contributed by atoms with van der Waals surface area (Å²) in [6.45, 7) is 1.28. The number of amides is 2. The average Bonchev–Trinajstić information content (AvgIpc) is 2.86. The Balaban J connectivity index is 1.74. The first-order chi connectivity index (χ1) is 16.4.